The topological polar surface area (TPSA) is 32.3 Å². The minimum absolute atomic E-state index is 0.0139. The van der Waals surface area contributed by atoms with Gasteiger partial charge in [-0.2, -0.15) is 0 Å². The van der Waals surface area contributed by atoms with E-state index in [9.17, 15) is 4.79 Å². The van der Waals surface area contributed by atoms with E-state index < -0.39 is 0 Å². The van der Waals surface area contributed by atoms with Gasteiger partial charge in [0.2, 0.25) is 5.91 Å². The van der Waals surface area contributed by atoms with Crippen molar-refractivity contribution in [1.29, 1.82) is 0 Å². The van der Waals surface area contributed by atoms with Gasteiger partial charge in [-0.3, -0.25) is 4.79 Å². The maximum Gasteiger partial charge on any atom is 0.228 e. The number of nitrogens with one attached hydrogen (secondary N) is 1. The number of carbonyl (C=O) groups is 1. The summed E-state index contributed by atoms with van der Waals surface area (Å²) in [5.74, 6) is 1.30. The van der Waals surface area contributed by atoms with Crippen LogP contribution in [0, 0.1) is 22.2 Å². The lowest BCUT2D eigenvalue weighted by Gasteiger charge is -2.65. The number of rotatable bonds is 1. The molecule has 0 spiro atoms. The van der Waals surface area contributed by atoms with Gasteiger partial charge in [-0.05, 0) is 62.2 Å². The Morgan fingerprint density at radius 3 is 2.33 bits per heavy atom. The molecular weight excluding hydrogens is 260 g/mol. The van der Waals surface area contributed by atoms with E-state index in [0.29, 0.717) is 22.8 Å². The first kappa shape index (κ1) is 14.0. The molecule has 3 nitrogen and oxygen atoms in total. The van der Waals surface area contributed by atoms with Gasteiger partial charge in [0.05, 0.1) is 5.41 Å². The van der Waals surface area contributed by atoms with E-state index in [1.54, 1.807) is 0 Å². The van der Waals surface area contributed by atoms with Gasteiger partial charge in [-0.1, -0.05) is 13.8 Å². The minimum Gasteiger partial charge on any atom is -0.339 e. The van der Waals surface area contributed by atoms with E-state index in [-0.39, 0.29) is 5.41 Å². The van der Waals surface area contributed by atoms with E-state index in [1.165, 1.54) is 25.7 Å². The fourth-order valence-corrected chi connectivity index (χ4v) is 7.14. The van der Waals surface area contributed by atoms with Crippen LogP contribution < -0.4 is 5.32 Å². The van der Waals surface area contributed by atoms with E-state index in [4.69, 9.17) is 0 Å². The molecule has 3 atom stereocenters. The molecule has 4 aliphatic carbocycles. The third-order valence-corrected chi connectivity index (χ3v) is 6.74. The van der Waals surface area contributed by atoms with E-state index in [1.807, 2.05) is 0 Å². The molecule has 0 aromatic heterocycles. The summed E-state index contributed by atoms with van der Waals surface area (Å²) in [6, 6.07) is 0.447. The van der Waals surface area contributed by atoms with Crippen molar-refractivity contribution >= 4 is 5.91 Å². The second-order valence-electron chi connectivity index (χ2n) is 9.52. The Balaban J connectivity index is 1.63. The highest BCUT2D eigenvalue weighted by atomic mass is 16.2. The summed E-state index contributed by atoms with van der Waals surface area (Å²) >= 11 is 0. The Morgan fingerprint density at radius 1 is 1.10 bits per heavy atom. The lowest BCUT2D eigenvalue weighted by molar-refractivity contribution is -0.180. The quantitative estimate of drug-likeness (QED) is 0.805. The maximum absolute atomic E-state index is 13.4. The fraction of sp³-hybridized carbons (Fsp3) is 0.944. The van der Waals surface area contributed by atoms with Crippen LogP contribution in [0.3, 0.4) is 0 Å². The van der Waals surface area contributed by atoms with Crippen LogP contribution in [0.2, 0.25) is 0 Å². The first-order valence-electron chi connectivity index (χ1n) is 8.84. The third-order valence-electron chi connectivity index (χ3n) is 6.74. The number of amides is 1. The second kappa shape index (κ2) is 4.24. The Morgan fingerprint density at radius 2 is 1.76 bits per heavy atom. The van der Waals surface area contributed by atoms with Gasteiger partial charge in [0.15, 0.2) is 0 Å². The van der Waals surface area contributed by atoms with Crippen LogP contribution in [0.15, 0.2) is 0 Å². The molecule has 0 aromatic carbocycles. The zero-order valence-corrected chi connectivity index (χ0v) is 13.9. The van der Waals surface area contributed by atoms with Crippen molar-refractivity contribution in [2.75, 3.05) is 19.6 Å². The largest absolute Gasteiger partial charge is 0.339 e. The van der Waals surface area contributed by atoms with Crippen LogP contribution in [-0.2, 0) is 4.79 Å². The highest BCUT2D eigenvalue weighted by molar-refractivity contribution is 5.83. The molecular formula is C18H30N2O. The van der Waals surface area contributed by atoms with Crippen molar-refractivity contribution in [3.63, 3.8) is 0 Å². The maximum atomic E-state index is 13.4. The van der Waals surface area contributed by atoms with Gasteiger partial charge in [0, 0.05) is 25.7 Å². The van der Waals surface area contributed by atoms with E-state index >= 15 is 0 Å². The van der Waals surface area contributed by atoms with Gasteiger partial charge in [0.1, 0.15) is 0 Å². The fourth-order valence-electron chi connectivity index (χ4n) is 7.14. The van der Waals surface area contributed by atoms with Gasteiger partial charge in [0.25, 0.3) is 0 Å². The molecule has 4 bridgehead atoms. The summed E-state index contributed by atoms with van der Waals surface area (Å²) in [5, 5.41) is 3.46. The lowest BCUT2D eigenvalue weighted by Crippen LogP contribution is -2.62. The molecule has 1 aliphatic heterocycles. The van der Waals surface area contributed by atoms with Gasteiger partial charge < -0.3 is 10.2 Å². The molecule has 1 amide bonds. The molecule has 118 valence electrons. The highest BCUT2D eigenvalue weighted by Gasteiger charge is 2.63. The van der Waals surface area contributed by atoms with Gasteiger partial charge in [-0.25, -0.2) is 0 Å². The Kier molecular flexibility index (Phi) is 2.84. The molecule has 4 saturated carbocycles. The van der Waals surface area contributed by atoms with Crippen LogP contribution in [0.25, 0.3) is 0 Å². The van der Waals surface area contributed by atoms with Crippen LogP contribution in [0.5, 0.6) is 0 Å². The smallest absolute Gasteiger partial charge is 0.228 e. The zero-order valence-electron chi connectivity index (χ0n) is 13.9. The monoisotopic (exact) mass is 290 g/mol. The molecule has 21 heavy (non-hydrogen) atoms. The van der Waals surface area contributed by atoms with Crippen LogP contribution in [0.4, 0.5) is 0 Å². The summed E-state index contributed by atoms with van der Waals surface area (Å²) in [7, 11) is 0. The first-order valence-corrected chi connectivity index (χ1v) is 8.84. The van der Waals surface area contributed by atoms with Crippen molar-refractivity contribution in [2.24, 2.45) is 22.2 Å². The van der Waals surface area contributed by atoms with E-state index in [0.717, 1.165) is 38.4 Å². The molecule has 1 heterocycles. The Hall–Kier alpha value is -0.570. The molecule has 0 aromatic rings. The van der Waals surface area contributed by atoms with Crippen LogP contribution in [0.1, 0.15) is 59.3 Å². The summed E-state index contributed by atoms with van der Waals surface area (Å²) in [6.45, 7) is 9.88. The average Bonchev–Trinajstić information content (AvgIpc) is 2.33. The highest BCUT2D eigenvalue weighted by Crippen LogP contribution is 2.69. The van der Waals surface area contributed by atoms with Crippen LogP contribution >= 0.6 is 0 Å². The van der Waals surface area contributed by atoms with Crippen molar-refractivity contribution in [3.8, 4) is 0 Å². The SMILES string of the molecule is C[C@H]1CN(C(=O)C23CC4CC(C)(CC(C)(C4)C2)C3)CCN1. The Labute approximate surface area is 128 Å². The van der Waals surface area contributed by atoms with Crippen molar-refractivity contribution < 1.29 is 4.79 Å². The normalized spacial score (nSPS) is 52.2. The first-order chi connectivity index (χ1) is 9.82. The van der Waals surface area contributed by atoms with Crippen molar-refractivity contribution in [1.82, 2.24) is 10.2 Å². The lowest BCUT2D eigenvalue weighted by atomic mass is 9.40. The summed E-state index contributed by atoms with van der Waals surface area (Å²) in [6.07, 6.45) is 7.58. The molecule has 0 radical (unpaired) electrons. The Bertz CT molecular complexity index is 456. The molecule has 5 rings (SSSR count). The number of carbonyl (C=O) groups excluding carboxylic acids is 1. The molecule has 5 aliphatic rings. The molecule has 5 fully saturated rings. The minimum atomic E-state index is -0.0139. The number of piperazine rings is 1. The van der Waals surface area contributed by atoms with Crippen LogP contribution in [-0.4, -0.2) is 36.5 Å². The number of nitrogens with zero attached hydrogens (tertiary/aromatic N) is 1. The van der Waals surface area contributed by atoms with Gasteiger partial charge in [-0.15, -0.1) is 0 Å². The number of hydrogen-bond donors (Lipinski definition) is 1. The van der Waals surface area contributed by atoms with Crippen molar-refractivity contribution in [3.05, 3.63) is 0 Å². The molecule has 2 unspecified atom stereocenters. The molecule has 3 heteroatoms. The van der Waals surface area contributed by atoms with Crippen molar-refractivity contribution in [2.45, 2.75) is 65.3 Å². The molecule has 1 N–H and O–H groups in total. The van der Waals surface area contributed by atoms with Gasteiger partial charge >= 0.3 is 0 Å². The summed E-state index contributed by atoms with van der Waals surface area (Å²) in [5.41, 5.74) is 0.854. The summed E-state index contributed by atoms with van der Waals surface area (Å²) in [4.78, 5) is 15.6. The predicted octanol–water partition coefficient (Wildman–Crippen LogP) is 2.80. The molecule has 1 saturated heterocycles. The van der Waals surface area contributed by atoms with E-state index in [2.05, 4.69) is 31.0 Å². The average molecular weight is 290 g/mol. The third kappa shape index (κ3) is 2.15. The zero-order chi connectivity index (χ0) is 14.9. The predicted molar refractivity (Wildman–Crippen MR) is 83.9 cm³/mol. The standard InChI is InChI=1S/C18H30N2O/c1-13-9-20(5-4-19-13)15(21)18-8-14-6-16(2,11-18)10-17(3,7-14)12-18/h13-14,19H,4-12H2,1-3H3/t13-,14?,16?,17?,18?/m0/s1. The number of hydrogen-bond acceptors (Lipinski definition) is 2. The second-order valence-corrected chi connectivity index (χ2v) is 9.52. The summed E-state index contributed by atoms with van der Waals surface area (Å²) < 4.78 is 0.